The van der Waals surface area contributed by atoms with Gasteiger partial charge in [-0.3, -0.25) is 4.79 Å². The van der Waals surface area contributed by atoms with Gasteiger partial charge in [0.2, 0.25) is 0 Å². The van der Waals surface area contributed by atoms with Crippen molar-refractivity contribution in [3.05, 3.63) is 4.88 Å². The van der Waals surface area contributed by atoms with Crippen molar-refractivity contribution in [2.24, 2.45) is 5.92 Å². The van der Waals surface area contributed by atoms with E-state index in [0.717, 1.165) is 6.54 Å². The first-order valence-corrected chi connectivity index (χ1v) is 7.32. The summed E-state index contributed by atoms with van der Waals surface area (Å²) in [5, 5.41) is 13.4. The molecule has 0 aromatic carbocycles. The highest BCUT2D eigenvalue weighted by molar-refractivity contribution is 7.18. The van der Waals surface area contributed by atoms with Crippen LogP contribution < -0.4 is 11.1 Å². The summed E-state index contributed by atoms with van der Waals surface area (Å²) in [6.07, 6.45) is 0.297. The van der Waals surface area contributed by atoms with Gasteiger partial charge in [0.05, 0.1) is 6.10 Å². The third-order valence-electron chi connectivity index (χ3n) is 3.32. The molecule has 7 heteroatoms. The van der Waals surface area contributed by atoms with E-state index >= 15 is 0 Å². The number of nitrogens with zero attached hydrogens (tertiary/aromatic N) is 2. The van der Waals surface area contributed by atoms with E-state index in [4.69, 9.17) is 5.73 Å². The van der Waals surface area contributed by atoms with Crippen LogP contribution in [0.3, 0.4) is 0 Å². The summed E-state index contributed by atoms with van der Waals surface area (Å²) in [7, 11) is 0. The molecule has 0 saturated carbocycles. The van der Waals surface area contributed by atoms with Gasteiger partial charge in [0.15, 0.2) is 5.13 Å². The molecular weight excluding hydrogens is 264 g/mol. The third kappa shape index (κ3) is 2.98. The first-order valence-electron chi connectivity index (χ1n) is 6.50. The van der Waals surface area contributed by atoms with Crippen LogP contribution >= 0.6 is 11.3 Å². The van der Waals surface area contributed by atoms with Crippen molar-refractivity contribution < 1.29 is 9.90 Å². The van der Waals surface area contributed by atoms with E-state index in [-0.39, 0.29) is 23.7 Å². The Kier molecular flexibility index (Phi) is 4.26. The lowest BCUT2D eigenvalue weighted by Crippen LogP contribution is -2.44. The Hall–Kier alpha value is -1.34. The number of anilines is 2. The number of carbonyl (C=O) groups is 1. The molecule has 2 atom stereocenters. The maximum Gasteiger partial charge on any atom is 0.267 e. The Balaban J connectivity index is 2.11. The molecule has 1 amide bonds. The number of piperidine rings is 1. The standard InChI is InChI=1S/C12H20N4O2S/c1-3-14-12-15-10(13)9(19-12)11(18)16-5-4-8(17)7(2)6-16/h7-8,17H,3-6,13H2,1-2H3,(H,14,15). The SMILES string of the molecule is CCNc1nc(N)c(C(=O)N2CCC(O)C(C)C2)s1. The number of rotatable bonds is 3. The number of amides is 1. The van der Waals surface area contributed by atoms with Crippen LogP contribution in [-0.2, 0) is 0 Å². The molecule has 1 aromatic rings. The molecule has 106 valence electrons. The zero-order valence-electron chi connectivity index (χ0n) is 11.2. The molecule has 0 aliphatic carbocycles. The molecule has 2 rings (SSSR count). The minimum Gasteiger partial charge on any atom is -0.393 e. The molecule has 1 fully saturated rings. The second-order valence-electron chi connectivity index (χ2n) is 4.85. The number of hydrogen-bond donors (Lipinski definition) is 3. The molecule has 1 aliphatic heterocycles. The maximum atomic E-state index is 12.4. The van der Waals surface area contributed by atoms with Crippen molar-refractivity contribution in [3.63, 3.8) is 0 Å². The van der Waals surface area contributed by atoms with Gasteiger partial charge in [-0.05, 0) is 19.3 Å². The molecule has 1 aromatic heterocycles. The third-order valence-corrected chi connectivity index (χ3v) is 4.34. The maximum absolute atomic E-state index is 12.4. The Morgan fingerprint density at radius 3 is 3.05 bits per heavy atom. The van der Waals surface area contributed by atoms with Crippen LogP contribution in [0, 0.1) is 5.92 Å². The quantitative estimate of drug-likeness (QED) is 0.770. The van der Waals surface area contributed by atoms with Crippen LogP contribution in [0.2, 0.25) is 0 Å². The van der Waals surface area contributed by atoms with Gasteiger partial charge in [0.25, 0.3) is 5.91 Å². The van der Waals surface area contributed by atoms with Crippen LogP contribution in [0.1, 0.15) is 29.9 Å². The van der Waals surface area contributed by atoms with E-state index in [9.17, 15) is 9.90 Å². The lowest BCUT2D eigenvalue weighted by molar-refractivity contribution is 0.0301. The first kappa shape index (κ1) is 14.1. The molecule has 0 radical (unpaired) electrons. The fourth-order valence-corrected chi connectivity index (χ4v) is 3.09. The molecule has 6 nitrogen and oxygen atoms in total. The normalized spacial score (nSPS) is 23.4. The molecule has 4 N–H and O–H groups in total. The predicted molar refractivity (Wildman–Crippen MR) is 76.4 cm³/mol. The number of thiazole rings is 1. The summed E-state index contributed by atoms with van der Waals surface area (Å²) < 4.78 is 0. The van der Waals surface area contributed by atoms with Crippen LogP contribution in [0.15, 0.2) is 0 Å². The lowest BCUT2D eigenvalue weighted by atomic mass is 9.97. The number of nitrogens with one attached hydrogen (secondary N) is 1. The van der Waals surface area contributed by atoms with E-state index < -0.39 is 0 Å². The summed E-state index contributed by atoms with van der Waals surface area (Å²) >= 11 is 1.29. The lowest BCUT2D eigenvalue weighted by Gasteiger charge is -2.34. The monoisotopic (exact) mass is 284 g/mol. The molecular formula is C12H20N4O2S. The first-order chi connectivity index (χ1) is 9.02. The van der Waals surface area contributed by atoms with Gasteiger partial charge in [0, 0.05) is 19.6 Å². The molecule has 0 spiro atoms. The summed E-state index contributed by atoms with van der Waals surface area (Å²) in [4.78, 5) is 18.8. The van der Waals surface area contributed by atoms with E-state index in [0.29, 0.717) is 29.5 Å². The topological polar surface area (TPSA) is 91.5 Å². The van der Waals surface area contributed by atoms with Crippen molar-refractivity contribution >= 4 is 28.2 Å². The Morgan fingerprint density at radius 1 is 1.68 bits per heavy atom. The van der Waals surface area contributed by atoms with Gasteiger partial charge in [-0.1, -0.05) is 18.3 Å². The summed E-state index contributed by atoms with van der Waals surface area (Å²) in [6, 6.07) is 0. The number of nitrogen functional groups attached to an aromatic ring is 1. The van der Waals surface area contributed by atoms with Crippen molar-refractivity contribution in [3.8, 4) is 0 Å². The second-order valence-corrected chi connectivity index (χ2v) is 5.85. The highest BCUT2D eigenvalue weighted by Gasteiger charge is 2.29. The summed E-state index contributed by atoms with van der Waals surface area (Å²) in [5.74, 6) is 0.294. The number of hydrogen-bond acceptors (Lipinski definition) is 6. The van der Waals surface area contributed by atoms with Gasteiger partial charge < -0.3 is 21.1 Å². The van der Waals surface area contributed by atoms with Crippen molar-refractivity contribution in [1.29, 1.82) is 0 Å². The molecule has 0 bridgehead atoms. The van der Waals surface area contributed by atoms with Gasteiger partial charge in [-0.25, -0.2) is 4.98 Å². The molecule has 1 saturated heterocycles. The molecule has 2 heterocycles. The van der Waals surface area contributed by atoms with Gasteiger partial charge >= 0.3 is 0 Å². The van der Waals surface area contributed by atoms with E-state index in [1.165, 1.54) is 11.3 Å². The van der Waals surface area contributed by atoms with Gasteiger partial charge in [-0.15, -0.1) is 0 Å². The van der Waals surface area contributed by atoms with Crippen LogP contribution in [0.25, 0.3) is 0 Å². The Labute approximate surface area is 116 Å². The number of aliphatic hydroxyl groups is 1. The number of nitrogens with two attached hydrogens (primary N) is 1. The number of likely N-dealkylation sites (tertiary alicyclic amines) is 1. The van der Waals surface area contributed by atoms with Crippen molar-refractivity contribution in [2.45, 2.75) is 26.4 Å². The van der Waals surface area contributed by atoms with Gasteiger partial charge in [0.1, 0.15) is 10.7 Å². The van der Waals surface area contributed by atoms with Crippen molar-refractivity contribution in [2.75, 3.05) is 30.7 Å². The highest BCUT2D eigenvalue weighted by Crippen LogP contribution is 2.28. The molecule has 1 aliphatic rings. The Morgan fingerprint density at radius 2 is 2.42 bits per heavy atom. The minimum atomic E-state index is -0.319. The predicted octanol–water partition coefficient (Wildman–Crippen LogP) is 1.000. The summed E-state index contributed by atoms with van der Waals surface area (Å²) in [5.41, 5.74) is 5.80. The fraction of sp³-hybridized carbons (Fsp3) is 0.667. The number of aliphatic hydroxyl groups excluding tert-OH is 1. The van der Waals surface area contributed by atoms with E-state index in [1.54, 1.807) is 4.90 Å². The van der Waals surface area contributed by atoms with Gasteiger partial charge in [-0.2, -0.15) is 0 Å². The van der Waals surface area contributed by atoms with E-state index in [2.05, 4.69) is 10.3 Å². The zero-order valence-corrected chi connectivity index (χ0v) is 12.0. The van der Waals surface area contributed by atoms with Crippen molar-refractivity contribution in [1.82, 2.24) is 9.88 Å². The zero-order chi connectivity index (χ0) is 14.0. The fourth-order valence-electron chi connectivity index (χ4n) is 2.17. The van der Waals surface area contributed by atoms with E-state index in [1.807, 2.05) is 13.8 Å². The second kappa shape index (κ2) is 5.75. The minimum absolute atomic E-state index is 0.0853. The Bertz CT molecular complexity index is 463. The number of aromatic nitrogens is 1. The average Bonchev–Trinajstić information content (AvgIpc) is 2.73. The van der Waals surface area contributed by atoms with Crippen LogP contribution in [-0.4, -0.2) is 46.6 Å². The van der Waals surface area contributed by atoms with Crippen LogP contribution in [0.5, 0.6) is 0 Å². The highest BCUT2D eigenvalue weighted by atomic mass is 32.1. The average molecular weight is 284 g/mol. The molecule has 2 unspecified atom stereocenters. The largest absolute Gasteiger partial charge is 0.393 e. The smallest absolute Gasteiger partial charge is 0.267 e. The molecule has 19 heavy (non-hydrogen) atoms. The van der Waals surface area contributed by atoms with Crippen LogP contribution in [0.4, 0.5) is 10.9 Å². The number of carbonyl (C=O) groups excluding carboxylic acids is 1. The summed E-state index contributed by atoms with van der Waals surface area (Å²) in [6.45, 7) is 5.79.